The lowest BCUT2D eigenvalue weighted by atomic mass is 9.99. The van der Waals surface area contributed by atoms with E-state index in [0.29, 0.717) is 17.7 Å². The Kier molecular flexibility index (Phi) is 4.04. The van der Waals surface area contributed by atoms with Gasteiger partial charge in [0.2, 0.25) is 0 Å². The van der Waals surface area contributed by atoms with Gasteiger partial charge in [-0.3, -0.25) is 9.89 Å². The van der Waals surface area contributed by atoms with E-state index in [2.05, 4.69) is 31.0 Å². The van der Waals surface area contributed by atoms with E-state index in [0.717, 1.165) is 31.5 Å². The number of rotatable bonds is 3. The van der Waals surface area contributed by atoms with E-state index < -0.39 is 0 Å². The Morgan fingerprint density at radius 1 is 1.56 bits per heavy atom. The fourth-order valence-electron chi connectivity index (χ4n) is 2.58. The molecule has 1 amide bonds. The van der Waals surface area contributed by atoms with Crippen LogP contribution >= 0.6 is 0 Å². The lowest BCUT2D eigenvalue weighted by molar-refractivity contribution is 0.0602. The summed E-state index contributed by atoms with van der Waals surface area (Å²) in [5.41, 5.74) is 1.60. The Morgan fingerprint density at radius 3 is 2.94 bits per heavy atom. The largest absolute Gasteiger partial charge is 0.334 e. The fraction of sp³-hybridized carbons (Fsp3) is 0.714. The number of hydrogen-bond donors (Lipinski definition) is 1. The van der Waals surface area contributed by atoms with Crippen molar-refractivity contribution in [1.29, 1.82) is 0 Å². The van der Waals surface area contributed by atoms with Crippen LogP contribution in [0.1, 0.15) is 68.6 Å². The molecule has 18 heavy (non-hydrogen) atoms. The number of nitrogens with zero attached hydrogens (tertiary/aromatic N) is 2. The first-order valence-electron chi connectivity index (χ1n) is 6.99. The molecule has 1 saturated heterocycles. The molecule has 0 bridgehead atoms. The van der Waals surface area contributed by atoms with Crippen molar-refractivity contribution >= 4 is 5.91 Å². The van der Waals surface area contributed by atoms with E-state index in [1.54, 1.807) is 0 Å². The van der Waals surface area contributed by atoms with Crippen molar-refractivity contribution in [2.45, 2.75) is 58.4 Å². The Bertz CT molecular complexity index is 411. The molecule has 0 radical (unpaired) electrons. The number of aromatic nitrogens is 2. The Balaban J connectivity index is 2.13. The molecule has 2 heterocycles. The highest BCUT2D eigenvalue weighted by atomic mass is 16.2. The molecule has 2 rings (SSSR count). The van der Waals surface area contributed by atoms with Crippen molar-refractivity contribution in [3.8, 4) is 0 Å². The molecule has 1 unspecified atom stereocenters. The second kappa shape index (κ2) is 5.55. The summed E-state index contributed by atoms with van der Waals surface area (Å²) in [6, 6.07) is 2.29. The van der Waals surface area contributed by atoms with E-state index in [1.807, 2.05) is 11.0 Å². The molecule has 0 saturated carbocycles. The van der Waals surface area contributed by atoms with E-state index in [4.69, 9.17) is 0 Å². The van der Waals surface area contributed by atoms with Gasteiger partial charge >= 0.3 is 0 Å². The smallest absolute Gasteiger partial charge is 0.274 e. The Labute approximate surface area is 109 Å². The third kappa shape index (κ3) is 2.57. The van der Waals surface area contributed by atoms with Gasteiger partial charge in [-0.2, -0.15) is 5.10 Å². The molecule has 4 nitrogen and oxygen atoms in total. The number of likely N-dealkylation sites (tertiary alicyclic amines) is 1. The van der Waals surface area contributed by atoms with E-state index in [-0.39, 0.29) is 5.91 Å². The molecule has 1 fully saturated rings. The highest BCUT2D eigenvalue weighted by Crippen LogP contribution is 2.22. The summed E-state index contributed by atoms with van der Waals surface area (Å²) in [6.45, 7) is 7.22. The molecule has 1 N–H and O–H groups in total. The topological polar surface area (TPSA) is 49.0 Å². The Hall–Kier alpha value is -1.32. The molecule has 1 aromatic heterocycles. The second-order valence-electron chi connectivity index (χ2n) is 5.42. The van der Waals surface area contributed by atoms with E-state index >= 15 is 0 Å². The molecule has 0 spiro atoms. The van der Waals surface area contributed by atoms with Gasteiger partial charge in [0.05, 0.1) is 0 Å². The molecular weight excluding hydrogens is 226 g/mol. The standard InChI is InChI=1S/C14H23N3O/c1-4-11-7-5-6-8-17(11)14(18)13-9-12(10(2)3)15-16-13/h9-11H,4-8H2,1-3H3,(H,15,16). The lowest BCUT2D eigenvalue weighted by Crippen LogP contribution is -2.43. The molecule has 0 aromatic carbocycles. The Morgan fingerprint density at radius 2 is 2.33 bits per heavy atom. The summed E-state index contributed by atoms with van der Waals surface area (Å²) in [4.78, 5) is 14.5. The molecular formula is C14H23N3O. The molecule has 1 aliphatic rings. The number of carbonyl (C=O) groups is 1. The maximum absolute atomic E-state index is 12.4. The third-order valence-corrected chi connectivity index (χ3v) is 3.80. The van der Waals surface area contributed by atoms with Gasteiger partial charge in [0, 0.05) is 18.3 Å². The van der Waals surface area contributed by atoms with Gasteiger partial charge in [0.25, 0.3) is 5.91 Å². The van der Waals surface area contributed by atoms with Crippen molar-refractivity contribution in [1.82, 2.24) is 15.1 Å². The zero-order chi connectivity index (χ0) is 13.1. The summed E-state index contributed by atoms with van der Waals surface area (Å²) in [5.74, 6) is 0.465. The van der Waals surface area contributed by atoms with Gasteiger partial charge in [-0.1, -0.05) is 20.8 Å². The highest BCUT2D eigenvalue weighted by Gasteiger charge is 2.27. The SMILES string of the molecule is CCC1CCCCN1C(=O)c1cc(C(C)C)[nH]n1. The van der Waals surface area contributed by atoms with Crippen LogP contribution in [0.5, 0.6) is 0 Å². The van der Waals surface area contributed by atoms with Gasteiger partial charge in [-0.25, -0.2) is 0 Å². The summed E-state index contributed by atoms with van der Waals surface area (Å²) >= 11 is 0. The minimum atomic E-state index is 0.0877. The van der Waals surface area contributed by atoms with Crippen molar-refractivity contribution in [3.63, 3.8) is 0 Å². The van der Waals surface area contributed by atoms with Crippen LogP contribution in [0.15, 0.2) is 6.07 Å². The van der Waals surface area contributed by atoms with Crippen LogP contribution in [0.3, 0.4) is 0 Å². The minimum Gasteiger partial charge on any atom is -0.334 e. The molecule has 1 aliphatic heterocycles. The average Bonchev–Trinajstić information content (AvgIpc) is 2.87. The average molecular weight is 249 g/mol. The maximum Gasteiger partial charge on any atom is 0.274 e. The monoisotopic (exact) mass is 249 g/mol. The van der Waals surface area contributed by atoms with Gasteiger partial charge in [0.15, 0.2) is 0 Å². The van der Waals surface area contributed by atoms with Gasteiger partial charge < -0.3 is 4.90 Å². The van der Waals surface area contributed by atoms with Crippen molar-refractivity contribution in [3.05, 3.63) is 17.5 Å². The number of aromatic amines is 1. The quantitative estimate of drug-likeness (QED) is 0.895. The van der Waals surface area contributed by atoms with Crippen molar-refractivity contribution < 1.29 is 4.79 Å². The highest BCUT2D eigenvalue weighted by molar-refractivity contribution is 5.92. The summed E-state index contributed by atoms with van der Waals surface area (Å²) in [5, 5.41) is 7.13. The van der Waals surface area contributed by atoms with E-state index in [1.165, 1.54) is 6.42 Å². The first-order chi connectivity index (χ1) is 8.63. The second-order valence-corrected chi connectivity index (χ2v) is 5.42. The number of piperidine rings is 1. The summed E-state index contributed by atoms with van der Waals surface area (Å²) < 4.78 is 0. The lowest BCUT2D eigenvalue weighted by Gasteiger charge is -2.34. The molecule has 100 valence electrons. The summed E-state index contributed by atoms with van der Waals surface area (Å²) in [7, 11) is 0. The van der Waals surface area contributed by atoms with Gasteiger partial charge in [0.1, 0.15) is 5.69 Å². The van der Waals surface area contributed by atoms with Crippen molar-refractivity contribution in [2.75, 3.05) is 6.54 Å². The van der Waals surface area contributed by atoms with Gasteiger partial charge in [-0.15, -0.1) is 0 Å². The first kappa shape index (κ1) is 13.1. The van der Waals surface area contributed by atoms with Crippen LogP contribution in [-0.4, -0.2) is 33.6 Å². The predicted octanol–water partition coefficient (Wildman–Crippen LogP) is 2.94. The normalized spacial score (nSPS) is 20.4. The summed E-state index contributed by atoms with van der Waals surface area (Å²) in [6.07, 6.45) is 4.51. The molecule has 4 heteroatoms. The van der Waals surface area contributed by atoms with Crippen LogP contribution in [0.25, 0.3) is 0 Å². The fourth-order valence-corrected chi connectivity index (χ4v) is 2.58. The zero-order valence-electron chi connectivity index (χ0n) is 11.6. The van der Waals surface area contributed by atoms with Gasteiger partial charge in [-0.05, 0) is 37.7 Å². The van der Waals surface area contributed by atoms with E-state index in [9.17, 15) is 4.79 Å². The molecule has 0 aliphatic carbocycles. The third-order valence-electron chi connectivity index (χ3n) is 3.80. The predicted molar refractivity (Wildman–Crippen MR) is 71.6 cm³/mol. The maximum atomic E-state index is 12.4. The molecule has 1 atom stereocenters. The molecule has 1 aromatic rings. The van der Waals surface area contributed by atoms with Crippen LogP contribution in [0, 0.1) is 0 Å². The number of amides is 1. The van der Waals surface area contributed by atoms with Crippen LogP contribution in [0.2, 0.25) is 0 Å². The zero-order valence-corrected chi connectivity index (χ0v) is 11.6. The van der Waals surface area contributed by atoms with Crippen molar-refractivity contribution in [2.24, 2.45) is 0 Å². The van der Waals surface area contributed by atoms with Crippen LogP contribution in [0.4, 0.5) is 0 Å². The minimum absolute atomic E-state index is 0.0877. The number of H-pyrrole nitrogens is 1. The number of nitrogens with one attached hydrogen (secondary N) is 1. The van der Waals surface area contributed by atoms with Crippen LogP contribution in [-0.2, 0) is 0 Å². The number of carbonyl (C=O) groups excluding carboxylic acids is 1. The van der Waals surface area contributed by atoms with Crippen LogP contribution < -0.4 is 0 Å². The number of hydrogen-bond acceptors (Lipinski definition) is 2. The first-order valence-corrected chi connectivity index (χ1v) is 6.99.